The highest BCUT2D eigenvalue weighted by Crippen LogP contribution is 2.27. The van der Waals surface area contributed by atoms with Crippen molar-refractivity contribution in [2.75, 3.05) is 10.8 Å². The van der Waals surface area contributed by atoms with Crippen molar-refractivity contribution in [3.05, 3.63) is 94.8 Å². The lowest BCUT2D eigenvalue weighted by atomic mass is 10.1. The molecule has 0 aliphatic rings. The van der Waals surface area contributed by atoms with Gasteiger partial charge in [0.1, 0.15) is 18.4 Å². The van der Waals surface area contributed by atoms with E-state index in [2.05, 4.69) is 5.32 Å². The number of amides is 2. The van der Waals surface area contributed by atoms with Gasteiger partial charge in [-0.05, 0) is 82.5 Å². The summed E-state index contributed by atoms with van der Waals surface area (Å²) >= 11 is 0. The van der Waals surface area contributed by atoms with Crippen LogP contribution in [0.1, 0.15) is 49.4 Å². The summed E-state index contributed by atoms with van der Waals surface area (Å²) in [6, 6.07) is 16.6. The SMILES string of the molecule is CC[C@H](C)NC(=O)[C@H](C)N(Cc1ccccc1F)C(=O)CN(c1cc(C)cc(C)c1)S(=O)(=O)c1ccc(C)cc1. The van der Waals surface area contributed by atoms with Crippen molar-refractivity contribution in [3.63, 3.8) is 0 Å². The topological polar surface area (TPSA) is 86.8 Å². The Morgan fingerprint density at radius 2 is 1.50 bits per heavy atom. The molecule has 0 bridgehead atoms. The zero-order chi connectivity index (χ0) is 29.6. The third-order valence-electron chi connectivity index (χ3n) is 6.85. The predicted octanol–water partition coefficient (Wildman–Crippen LogP) is 5.28. The van der Waals surface area contributed by atoms with E-state index in [-0.39, 0.29) is 23.0 Å². The van der Waals surface area contributed by atoms with Crippen LogP contribution >= 0.6 is 0 Å². The van der Waals surface area contributed by atoms with Crippen LogP contribution in [-0.4, -0.2) is 43.8 Å². The Hall–Kier alpha value is -3.72. The fraction of sp³-hybridized carbons (Fsp3) is 0.355. The van der Waals surface area contributed by atoms with Gasteiger partial charge in [-0.1, -0.05) is 48.9 Å². The molecular formula is C31H38FN3O4S. The molecule has 0 aliphatic heterocycles. The highest BCUT2D eigenvalue weighted by Gasteiger charge is 2.33. The van der Waals surface area contributed by atoms with E-state index in [4.69, 9.17) is 0 Å². The molecule has 3 aromatic carbocycles. The number of hydrogen-bond acceptors (Lipinski definition) is 4. The van der Waals surface area contributed by atoms with Gasteiger partial charge >= 0.3 is 0 Å². The second kappa shape index (κ2) is 13.1. The highest BCUT2D eigenvalue weighted by atomic mass is 32.2. The van der Waals surface area contributed by atoms with E-state index in [0.717, 1.165) is 21.0 Å². The molecule has 0 spiro atoms. The van der Waals surface area contributed by atoms with Gasteiger partial charge in [0.05, 0.1) is 10.6 Å². The number of anilines is 1. The quantitative estimate of drug-likeness (QED) is 0.342. The first-order valence-electron chi connectivity index (χ1n) is 13.3. The third-order valence-corrected chi connectivity index (χ3v) is 8.64. The maximum Gasteiger partial charge on any atom is 0.264 e. The fourth-order valence-corrected chi connectivity index (χ4v) is 5.72. The molecule has 1 N–H and O–H groups in total. The summed E-state index contributed by atoms with van der Waals surface area (Å²) < 4.78 is 43.6. The lowest BCUT2D eigenvalue weighted by Crippen LogP contribution is -2.52. The third kappa shape index (κ3) is 7.47. The van der Waals surface area contributed by atoms with E-state index in [1.54, 1.807) is 49.4 Å². The van der Waals surface area contributed by atoms with Crippen LogP contribution in [0.4, 0.5) is 10.1 Å². The molecule has 214 valence electrons. The van der Waals surface area contributed by atoms with Gasteiger partial charge in [-0.2, -0.15) is 0 Å². The molecular weight excluding hydrogens is 529 g/mol. The number of rotatable bonds is 11. The number of benzene rings is 3. The monoisotopic (exact) mass is 567 g/mol. The van der Waals surface area contributed by atoms with Crippen LogP contribution in [0.2, 0.25) is 0 Å². The summed E-state index contributed by atoms with van der Waals surface area (Å²) in [5.74, 6) is -1.56. The van der Waals surface area contributed by atoms with Gasteiger partial charge in [0, 0.05) is 18.2 Å². The van der Waals surface area contributed by atoms with E-state index in [1.165, 1.54) is 23.1 Å². The van der Waals surface area contributed by atoms with Crippen molar-refractivity contribution in [2.45, 2.75) is 71.5 Å². The largest absolute Gasteiger partial charge is 0.352 e. The van der Waals surface area contributed by atoms with Crippen LogP contribution in [0.5, 0.6) is 0 Å². The Morgan fingerprint density at radius 1 is 0.900 bits per heavy atom. The fourth-order valence-electron chi connectivity index (χ4n) is 4.32. The minimum absolute atomic E-state index is 0.0354. The minimum atomic E-state index is -4.17. The predicted molar refractivity (Wildman–Crippen MR) is 156 cm³/mol. The van der Waals surface area contributed by atoms with Gasteiger partial charge in [0.2, 0.25) is 11.8 Å². The Balaban J connectivity index is 2.07. The van der Waals surface area contributed by atoms with Crippen molar-refractivity contribution < 1.29 is 22.4 Å². The number of halogens is 1. The lowest BCUT2D eigenvalue weighted by Gasteiger charge is -2.32. The van der Waals surface area contributed by atoms with Crippen LogP contribution in [0.3, 0.4) is 0 Å². The molecule has 0 saturated carbocycles. The summed E-state index contributed by atoms with van der Waals surface area (Å²) in [5.41, 5.74) is 3.10. The normalized spacial score (nSPS) is 12.9. The van der Waals surface area contributed by atoms with Crippen LogP contribution in [0.15, 0.2) is 71.6 Å². The average molecular weight is 568 g/mol. The number of nitrogens with zero attached hydrogens (tertiary/aromatic N) is 2. The number of sulfonamides is 1. The standard InChI is InChI=1S/C31H38FN3O4S/c1-7-24(5)33-31(37)25(6)34(19-26-10-8-9-11-29(26)32)30(36)20-35(27-17-22(3)16-23(4)18-27)40(38,39)28-14-12-21(2)13-15-28/h8-18,24-25H,7,19-20H2,1-6H3,(H,33,37)/t24-,25-/m0/s1. The molecule has 40 heavy (non-hydrogen) atoms. The maximum absolute atomic E-state index is 14.7. The molecule has 0 saturated heterocycles. The lowest BCUT2D eigenvalue weighted by molar-refractivity contribution is -0.139. The Labute approximate surface area is 237 Å². The Morgan fingerprint density at radius 3 is 2.08 bits per heavy atom. The summed E-state index contributed by atoms with van der Waals surface area (Å²) in [5, 5.41) is 2.87. The summed E-state index contributed by atoms with van der Waals surface area (Å²) in [6.45, 7) is 10.1. The van der Waals surface area contributed by atoms with Gasteiger partial charge in [-0.25, -0.2) is 12.8 Å². The molecule has 3 aromatic rings. The van der Waals surface area contributed by atoms with Gasteiger partial charge in [0.15, 0.2) is 0 Å². The zero-order valence-electron chi connectivity index (χ0n) is 23.9. The van der Waals surface area contributed by atoms with Gasteiger partial charge in [-0.15, -0.1) is 0 Å². The van der Waals surface area contributed by atoms with Crippen LogP contribution in [-0.2, 0) is 26.2 Å². The van der Waals surface area contributed by atoms with E-state index in [1.807, 2.05) is 40.7 Å². The van der Waals surface area contributed by atoms with Crippen LogP contribution in [0.25, 0.3) is 0 Å². The van der Waals surface area contributed by atoms with Crippen LogP contribution in [0, 0.1) is 26.6 Å². The molecule has 2 amide bonds. The number of carbonyl (C=O) groups excluding carboxylic acids is 2. The number of carbonyl (C=O) groups is 2. The summed E-state index contributed by atoms with van der Waals surface area (Å²) in [7, 11) is -4.17. The van der Waals surface area contributed by atoms with E-state index in [0.29, 0.717) is 12.1 Å². The molecule has 0 radical (unpaired) electrons. The number of hydrogen-bond donors (Lipinski definition) is 1. The summed E-state index contributed by atoms with van der Waals surface area (Å²) in [6.07, 6.45) is 0.689. The van der Waals surface area contributed by atoms with Gasteiger partial charge < -0.3 is 10.2 Å². The molecule has 0 heterocycles. The highest BCUT2D eigenvalue weighted by molar-refractivity contribution is 7.92. The first-order chi connectivity index (χ1) is 18.8. The average Bonchev–Trinajstić information content (AvgIpc) is 2.90. The number of nitrogens with one attached hydrogen (secondary N) is 1. The van der Waals surface area contributed by atoms with E-state index in [9.17, 15) is 22.4 Å². The van der Waals surface area contributed by atoms with E-state index >= 15 is 0 Å². The van der Waals surface area contributed by atoms with Crippen molar-refractivity contribution in [1.29, 1.82) is 0 Å². The molecule has 0 aliphatic carbocycles. The minimum Gasteiger partial charge on any atom is -0.352 e. The second-order valence-electron chi connectivity index (χ2n) is 10.3. The molecule has 9 heteroatoms. The van der Waals surface area contributed by atoms with Crippen LogP contribution < -0.4 is 9.62 Å². The van der Waals surface area contributed by atoms with Crippen molar-refractivity contribution >= 4 is 27.5 Å². The van der Waals surface area contributed by atoms with Crippen molar-refractivity contribution in [3.8, 4) is 0 Å². The molecule has 2 atom stereocenters. The van der Waals surface area contributed by atoms with Gasteiger partial charge in [0.25, 0.3) is 10.0 Å². The number of aryl methyl sites for hydroxylation is 3. The molecule has 7 nitrogen and oxygen atoms in total. The van der Waals surface area contributed by atoms with E-state index < -0.39 is 40.2 Å². The summed E-state index contributed by atoms with van der Waals surface area (Å²) in [4.78, 5) is 28.3. The molecule has 3 rings (SSSR count). The maximum atomic E-state index is 14.7. The Kier molecular flexibility index (Phi) is 10.1. The smallest absolute Gasteiger partial charge is 0.264 e. The Bertz CT molecular complexity index is 1440. The molecule has 0 fully saturated rings. The first kappa shape index (κ1) is 30.8. The second-order valence-corrected chi connectivity index (χ2v) is 12.1. The van der Waals surface area contributed by atoms with Crippen molar-refractivity contribution in [1.82, 2.24) is 10.2 Å². The van der Waals surface area contributed by atoms with Gasteiger partial charge in [-0.3, -0.25) is 13.9 Å². The molecule has 0 unspecified atom stereocenters. The first-order valence-corrected chi connectivity index (χ1v) is 14.8. The molecule has 0 aromatic heterocycles. The van der Waals surface area contributed by atoms with Crippen molar-refractivity contribution in [2.24, 2.45) is 0 Å². The zero-order valence-corrected chi connectivity index (χ0v) is 24.8.